The fourth-order valence-corrected chi connectivity index (χ4v) is 2.02. The van der Waals surface area contributed by atoms with E-state index in [1.165, 1.54) is 0 Å². The quantitative estimate of drug-likeness (QED) is 0.424. The molecule has 1 amide bonds. The van der Waals surface area contributed by atoms with E-state index in [-0.39, 0.29) is 17.3 Å². The van der Waals surface area contributed by atoms with Gasteiger partial charge < -0.3 is 15.6 Å². The molecule has 1 rings (SSSR count). The second kappa shape index (κ2) is 6.90. The summed E-state index contributed by atoms with van der Waals surface area (Å²) in [6.45, 7) is 1.32. The van der Waals surface area contributed by atoms with Crippen LogP contribution in [0.25, 0.3) is 0 Å². The summed E-state index contributed by atoms with van der Waals surface area (Å²) in [5, 5.41) is 19.1. The highest BCUT2D eigenvalue weighted by molar-refractivity contribution is 6.40. The van der Waals surface area contributed by atoms with Gasteiger partial charge in [0.05, 0.1) is 22.2 Å². The molecule has 0 aromatic carbocycles. The average Bonchev–Trinajstić information content (AvgIpc) is 2.48. The Morgan fingerprint density at radius 2 is 2.11 bits per heavy atom. The lowest BCUT2D eigenvalue weighted by molar-refractivity contribution is -0.119. The van der Waals surface area contributed by atoms with Gasteiger partial charge in [-0.15, -0.1) is 0 Å². The fraction of sp³-hybridized carbons (Fsp3) is 0.500. The van der Waals surface area contributed by atoms with E-state index in [1.54, 1.807) is 4.90 Å². The smallest absolute Gasteiger partial charge is 0.209 e. The Morgan fingerprint density at radius 3 is 2.53 bits per heavy atom. The highest BCUT2D eigenvalue weighted by Crippen LogP contribution is 2.29. The standard InChI is InChI=1S/C12H15ClN4O2/c13-10(5-14)11(6-18)16-8-12(7-15)1-3-17(9-19)4-2-12/h5-6,9,14,16H,1-4,8H2/b11-10+,14-5?. The van der Waals surface area contributed by atoms with Crippen LogP contribution in [0, 0.1) is 22.2 Å². The molecule has 0 atom stereocenters. The molecule has 1 aliphatic rings. The summed E-state index contributed by atoms with van der Waals surface area (Å²) in [5.74, 6) is 0. The summed E-state index contributed by atoms with van der Waals surface area (Å²) in [5.41, 5.74) is -0.517. The highest BCUT2D eigenvalue weighted by atomic mass is 35.5. The van der Waals surface area contributed by atoms with Crippen molar-refractivity contribution in [2.24, 2.45) is 5.41 Å². The van der Waals surface area contributed by atoms with E-state index in [4.69, 9.17) is 17.0 Å². The van der Waals surface area contributed by atoms with Crippen molar-refractivity contribution in [3.8, 4) is 6.07 Å². The van der Waals surface area contributed by atoms with Gasteiger partial charge in [0.25, 0.3) is 0 Å². The first-order valence-electron chi connectivity index (χ1n) is 5.80. The van der Waals surface area contributed by atoms with Crippen LogP contribution < -0.4 is 5.32 Å². The summed E-state index contributed by atoms with van der Waals surface area (Å²) < 4.78 is 0. The van der Waals surface area contributed by atoms with Gasteiger partial charge >= 0.3 is 0 Å². The van der Waals surface area contributed by atoms with Crippen LogP contribution in [-0.2, 0) is 9.59 Å². The molecule has 0 bridgehead atoms. The molecule has 0 radical (unpaired) electrons. The summed E-state index contributed by atoms with van der Waals surface area (Å²) in [6, 6.07) is 2.25. The zero-order valence-electron chi connectivity index (χ0n) is 10.4. The Labute approximate surface area is 116 Å². The zero-order chi connectivity index (χ0) is 14.3. The number of amides is 1. The molecular formula is C12H15ClN4O2. The van der Waals surface area contributed by atoms with E-state index < -0.39 is 5.41 Å². The predicted molar refractivity (Wildman–Crippen MR) is 70.6 cm³/mol. The molecule has 1 saturated heterocycles. The summed E-state index contributed by atoms with van der Waals surface area (Å²) in [4.78, 5) is 23.1. The van der Waals surface area contributed by atoms with E-state index >= 15 is 0 Å². The van der Waals surface area contributed by atoms with E-state index in [2.05, 4.69) is 11.4 Å². The number of hydrogen-bond acceptors (Lipinski definition) is 5. The van der Waals surface area contributed by atoms with Crippen LogP contribution in [0.1, 0.15) is 12.8 Å². The maximum atomic E-state index is 10.8. The van der Waals surface area contributed by atoms with Gasteiger partial charge in [-0.05, 0) is 12.8 Å². The van der Waals surface area contributed by atoms with Gasteiger partial charge in [0.15, 0.2) is 6.29 Å². The normalized spacial score (nSPS) is 18.8. The molecule has 0 aliphatic carbocycles. The maximum absolute atomic E-state index is 10.8. The number of likely N-dealkylation sites (tertiary alicyclic amines) is 1. The van der Waals surface area contributed by atoms with Crippen LogP contribution in [0.3, 0.4) is 0 Å². The number of rotatable bonds is 6. The van der Waals surface area contributed by atoms with Gasteiger partial charge in [0.2, 0.25) is 6.41 Å². The number of halogens is 1. The molecule has 1 heterocycles. The summed E-state index contributed by atoms with van der Waals surface area (Å²) in [7, 11) is 0. The Kier molecular flexibility index (Phi) is 5.52. The summed E-state index contributed by atoms with van der Waals surface area (Å²) in [6.07, 6.45) is 3.26. The van der Waals surface area contributed by atoms with Crippen molar-refractivity contribution in [1.29, 1.82) is 10.7 Å². The third-order valence-corrected chi connectivity index (χ3v) is 3.57. The fourth-order valence-electron chi connectivity index (χ4n) is 1.91. The zero-order valence-corrected chi connectivity index (χ0v) is 11.1. The van der Waals surface area contributed by atoms with E-state index in [0.29, 0.717) is 32.2 Å². The third kappa shape index (κ3) is 3.80. The topological polar surface area (TPSA) is 97.1 Å². The number of nitrogens with zero attached hydrogens (tertiary/aromatic N) is 2. The third-order valence-electron chi connectivity index (χ3n) is 3.26. The van der Waals surface area contributed by atoms with Crippen LogP contribution in [0.4, 0.5) is 0 Å². The van der Waals surface area contributed by atoms with Gasteiger partial charge in [-0.1, -0.05) is 11.6 Å². The molecule has 0 unspecified atom stereocenters. The van der Waals surface area contributed by atoms with E-state index in [0.717, 1.165) is 12.6 Å². The Hall–Kier alpha value is -1.87. The van der Waals surface area contributed by atoms with Crippen molar-refractivity contribution in [3.63, 3.8) is 0 Å². The van der Waals surface area contributed by atoms with Gasteiger partial charge in [-0.2, -0.15) is 5.26 Å². The Balaban J connectivity index is 2.69. The maximum Gasteiger partial charge on any atom is 0.209 e. The lowest BCUT2D eigenvalue weighted by atomic mass is 9.80. The minimum Gasteiger partial charge on any atom is -0.380 e. The van der Waals surface area contributed by atoms with Crippen molar-refractivity contribution in [2.75, 3.05) is 19.6 Å². The molecule has 0 aromatic rings. The van der Waals surface area contributed by atoms with Crippen molar-refractivity contribution >= 4 is 30.5 Å². The molecule has 0 aromatic heterocycles. The molecule has 6 nitrogen and oxygen atoms in total. The number of allylic oxidation sites excluding steroid dienone is 2. The minimum atomic E-state index is -0.618. The Morgan fingerprint density at radius 1 is 1.47 bits per heavy atom. The number of piperidine rings is 1. The number of hydrogen-bond donors (Lipinski definition) is 2. The molecule has 2 N–H and O–H groups in total. The average molecular weight is 283 g/mol. The second-order valence-electron chi connectivity index (χ2n) is 4.41. The first-order valence-corrected chi connectivity index (χ1v) is 6.18. The van der Waals surface area contributed by atoms with Crippen LogP contribution >= 0.6 is 11.6 Å². The molecule has 0 spiro atoms. The van der Waals surface area contributed by atoms with Gasteiger partial charge in [-0.3, -0.25) is 9.59 Å². The minimum absolute atomic E-state index is 0.00779. The van der Waals surface area contributed by atoms with Crippen molar-refractivity contribution in [2.45, 2.75) is 12.8 Å². The molecule has 19 heavy (non-hydrogen) atoms. The number of aldehydes is 1. The Bertz CT molecular complexity index is 434. The van der Waals surface area contributed by atoms with Crippen LogP contribution in [-0.4, -0.2) is 43.4 Å². The van der Waals surface area contributed by atoms with Crippen LogP contribution in [0.15, 0.2) is 10.7 Å². The SMILES string of the molecule is N#CC1(CN/C(C=O)=C(/Cl)C=N)CCN(C=O)CC1. The number of nitrogens with one attached hydrogen (secondary N) is 2. The molecule has 1 fully saturated rings. The van der Waals surface area contributed by atoms with E-state index in [9.17, 15) is 14.9 Å². The monoisotopic (exact) mass is 282 g/mol. The number of nitriles is 1. The molecule has 0 saturated carbocycles. The molecule has 102 valence electrons. The van der Waals surface area contributed by atoms with Crippen molar-refractivity contribution in [1.82, 2.24) is 10.2 Å². The first kappa shape index (κ1) is 15.2. The van der Waals surface area contributed by atoms with Crippen molar-refractivity contribution < 1.29 is 9.59 Å². The van der Waals surface area contributed by atoms with Crippen LogP contribution in [0.2, 0.25) is 0 Å². The number of carbonyl (C=O) groups excluding carboxylic acids is 2. The first-order chi connectivity index (χ1) is 9.10. The van der Waals surface area contributed by atoms with Crippen molar-refractivity contribution in [3.05, 3.63) is 10.7 Å². The van der Waals surface area contributed by atoms with Gasteiger partial charge in [0.1, 0.15) is 0 Å². The highest BCUT2D eigenvalue weighted by Gasteiger charge is 2.34. The largest absolute Gasteiger partial charge is 0.380 e. The van der Waals surface area contributed by atoms with E-state index in [1.807, 2.05) is 0 Å². The second-order valence-corrected chi connectivity index (χ2v) is 4.82. The number of carbonyl (C=O) groups is 2. The molecular weight excluding hydrogens is 268 g/mol. The van der Waals surface area contributed by atoms with Crippen LogP contribution in [0.5, 0.6) is 0 Å². The lowest BCUT2D eigenvalue weighted by Crippen LogP contribution is -2.44. The lowest BCUT2D eigenvalue weighted by Gasteiger charge is -2.35. The van der Waals surface area contributed by atoms with Gasteiger partial charge in [0, 0.05) is 25.8 Å². The summed E-state index contributed by atoms with van der Waals surface area (Å²) >= 11 is 5.69. The molecule has 1 aliphatic heterocycles. The predicted octanol–water partition coefficient (Wildman–Crippen LogP) is 0.637. The van der Waals surface area contributed by atoms with Gasteiger partial charge in [-0.25, -0.2) is 0 Å². The molecule has 7 heteroatoms.